The van der Waals surface area contributed by atoms with Crippen LogP contribution < -0.4 is 15.9 Å². The summed E-state index contributed by atoms with van der Waals surface area (Å²) in [5.74, 6) is 0. The highest BCUT2D eigenvalue weighted by molar-refractivity contribution is 5.86. The van der Waals surface area contributed by atoms with E-state index in [0.29, 0.717) is 6.67 Å². The first-order chi connectivity index (χ1) is 6.81. The van der Waals surface area contributed by atoms with Crippen LogP contribution in [0.5, 0.6) is 0 Å². The Kier molecular flexibility index (Phi) is 8.84. The lowest BCUT2D eigenvalue weighted by Crippen LogP contribution is -2.41. The molecule has 0 fully saturated rings. The molecule has 0 spiro atoms. The summed E-state index contributed by atoms with van der Waals surface area (Å²) < 4.78 is 0. The van der Waals surface area contributed by atoms with E-state index < -0.39 is 0 Å². The van der Waals surface area contributed by atoms with Gasteiger partial charge >= 0.3 is 6.03 Å². The minimum absolute atomic E-state index is 0. The molecule has 1 aliphatic rings. The summed E-state index contributed by atoms with van der Waals surface area (Å²) >= 11 is 0. The number of carbonyl (C=O) groups is 1. The summed E-state index contributed by atoms with van der Waals surface area (Å²) in [6, 6.07) is 7.61. The van der Waals surface area contributed by atoms with E-state index >= 15 is 0 Å². The van der Waals surface area contributed by atoms with Gasteiger partial charge in [-0.15, -0.1) is 37.2 Å². The van der Waals surface area contributed by atoms with Gasteiger partial charge in [0.15, 0.2) is 0 Å². The summed E-state index contributed by atoms with van der Waals surface area (Å²) in [6.45, 7) is 0.386. The van der Waals surface area contributed by atoms with E-state index in [1.807, 2.05) is 24.3 Å². The Morgan fingerprint density at radius 2 is 1.94 bits per heavy atom. The molecule has 7 heteroatoms. The van der Waals surface area contributed by atoms with Crippen molar-refractivity contribution in [3.8, 4) is 0 Å². The number of fused-ring (bicyclic) bond motifs is 1. The number of para-hydroxylation sites is 1. The van der Waals surface area contributed by atoms with Gasteiger partial charge < -0.3 is 5.32 Å². The summed E-state index contributed by atoms with van der Waals surface area (Å²) in [7, 11) is 1.61. The lowest BCUT2D eigenvalue weighted by atomic mass is 10.3. The van der Waals surface area contributed by atoms with Gasteiger partial charge in [-0.25, -0.2) is 4.79 Å². The van der Waals surface area contributed by atoms with Gasteiger partial charge in [-0.05, 0) is 6.07 Å². The molecule has 2 amide bonds. The topological polar surface area (TPSA) is 44.7 Å². The lowest BCUT2D eigenvalue weighted by Gasteiger charge is -2.17. The quantitative estimate of drug-likeness (QED) is 0.761. The number of hydrogen-bond acceptors (Lipinski definition) is 2. The van der Waals surface area contributed by atoms with Crippen molar-refractivity contribution in [2.24, 2.45) is 4.99 Å². The molecule has 0 saturated carbocycles. The molecular weight excluding hydrogens is 284 g/mol. The minimum Gasteiger partial charge on any atom is -0.341 e. The zero-order valence-electron chi connectivity index (χ0n) is 9.12. The Morgan fingerprint density at radius 3 is 2.59 bits per heavy atom. The highest BCUT2D eigenvalue weighted by Gasteiger charge is 2.09. The van der Waals surface area contributed by atoms with Crippen LogP contribution >= 0.6 is 37.2 Å². The average Bonchev–Trinajstić information content (AvgIpc) is 2.27. The second-order valence-corrected chi connectivity index (χ2v) is 3.01. The van der Waals surface area contributed by atoms with Crippen molar-refractivity contribution in [1.29, 1.82) is 0 Å². The summed E-state index contributed by atoms with van der Waals surface area (Å²) in [5, 5.41) is 4.47. The molecule has 0 aromatic heterocycles. The van der Waals surface area contributed by atoms with Crippen LogP contribution in [0.1, 0.15) is 0 Å². The van der Waals surface area contributed by atoms with Crippen molar-refractivity contribution >= 4 is 49.5 Å². The first-order valence-corrected chi connectivity index (χ1v) is 4.41. The van der Waals surface area contributed by atoms with Crippen LogP contribution in [0.25, 0.3) is 6.20 Å². The molecule has 4 nitrogen and oxygen atoms in total. The number of hydrogen-bond donors (Lipinski definition) is 1. The van der Waals surface area contributed by atoms with Gasteiger partial charge in [-0.1, -0.05) is 18.2 Å². The maximum Gasteiger partial charge on any atom is 0.322 e. The second kappa shape index (κ2) is 8.17. The Balaban J connectivity index is 0. The van der Waals surface area contributed by atoms with E-state index in [-0.39, 0.29) is 43.3 Å². The maximum atomic E-state index is 11.3. The van der Waals surface area contributed by atoms with Crippen LogP contribution in [0.4, 0.5) is 4.79 Å². The predicted octanol–water partition coefficient (Wildman–Crippen LogP) is 0.922. The van der Waals surface area contributed by atoms with E-state index in [1.54, 1.807) is 18.1 Å². The minimum atomic E-state index is -0.136. The molecule has 1 heterocycles. The number of nitrogens with zero attached hydrogens (tertiary/aromatic N) is 2. The third kappa shape index (κ3) is 4.07. The van der Waals surface area contributed by atoms with Crippen LogP contribution in [-0.2, 0) is 0 Å². The fraction of sp³-hybridized carbons (Fsp3) is 0.200. The van der Waals surface area contributed by atoms with Crippen molar-refractivity contribution in [2.75, 3.05) is 13.7 Å². The number of rotatable bonds is 0. The molecule has 17 heavy (non-hydrogen) atoms. The zero-order valence-corrected chi connectivity index (χ0v) is 11.6. The predicted molar refractivity (Wildman–Crippen MR) is 74.6 cm³/mol. The number of nitrogens with one attached hydrogen (secondary N) is 1. The molecule has 2 rings (SSSR count). The largest absolute Gasteiger partial charge is 0.341 e. The van der Waals surface area contributed by atoms with E-state index in [2.05, 4.69) is 10.3 Å². The number of carbonyl (C=O) groups excluding carboxylic acids is 1. The smallest absolute Gasteiger partial charge is 0.322 e. The average molecular weight is 299 g/mol. The van der Waals surface area contributed by atoms with Gasteiger partial charge in [0.1, 0.15) is 6.67 Å². The standard InChI is InChI=1S/C10H11N3O.3ClH/c1-11-10(14)13-6-8-4-2-3-5-9(8)12-7-13;;;/h2-6H,7H2,1H3,(H,11,14);3*1H. The summed E-state index contributed by atoms with van der Waals surface area (Å²) in [5.41, 5.74) is 0. The number of amides is 2. The van der Waals surface area contributed by atoms with Crippen molar-refractivity contribution in [3.63, 3.8) is 0 Å². The molecule has 96 valence electrons. The van der Waals surface area contributed by atoms with Gasteiger partial charge in [0.05, 0.1) is 5.36 Å². The zero-order chi connectivity index (χ0) is 9.97. The van der Waals surface area contributed by atoms with Crippen LogP contribution in [0.2, 0.25) is 0 Å². The maximum absolute atomic E-state index is 11.3. The third-order valence-electron chi connectivity index (χ3n) is 2.10. The molecule has 0 bridgehead atoms. The second-order valence-electron chi connectivity index (χ2n) is 3.01. The number of halogens is 3. The van der Waals surface area contributed by atoms with Crippen molar-refractivity contribution in [2.45, 2.75) is 0 Å². The summed E-state index contributed by atoms with van der Waals surface area (Å²) in [4.78, 5) is 17.1. The molecule has 1 aromatic carbocycles. The van der Waals surface area contributed by atoms with E-state index in [0.717, 1.165) is 10.6 Å². The molecule has 0 atom stereocenters. The monoisotopic (exact) mass is 297 g/mol. The molecule has 0 aliphatic carbocycles. The first kappa shape index (κ1) is 18.4. The van der Waals surface area contributed by atoms with Gasteiger partial charge in [0.2, 0.25) is 0 Å². The van der Waals surface area contributed by atoms with Crippen LogP contribution in [0.3, 0.4) is 0 Å². The number of benzene rings is 1. The molecular formula is C10H14Cl3N3O. The van der Waals surface area contributed by atoms with Crippen molar-refractivity contribution in [3.05, 3.63) is 34.8 Å². The van der Waals surface area contributed by atoms with Crippen LogP contribution in [0.15, 0.2) is 29.3 Å². The summed E-state index contributed by atoms with van der Waals surface area (Å²) in [6.07, 6.45) is 1.81. The fourth-order valence-electron chi connectivity index (χ4n) is 1.37. The van der Waals surface area contributed by atoms with Gasteiger partial charge in [0.25, 0.3) is 0 Å². The van der Waals surface area contributed by atoms with Crippen molar-refractivity contribution < 1.29 is 4.79 Å². The molecule has 0 unspecified atom stereocenters. The Labute approximate surface area is 118 Å². The highest BCUT2D eigenvalue weighted by Crippen LogP contribution is 1.92. The van der Waals surface area contributed by atoms with Gasteiger partial charge in [-0.3, -0.25) is 9.89 Å². The Bertz CT molecular complexity index is 478. The van der Waals surface area contributed by atoms with Crippen LogP contribution in [0, 0.1) is 0 Å². The molecule has 1 N–H and O–H groups in total. The number of urea groups is 1. The molecule has 1 aromatic rings. The van der Waals surface area contributed by atoms with Gasteiger partial charge in [0, 0.05) is 18.5 Å². The fourth-order valence-corrected chi connectivity index (χ4v) is 1.37. The molecule has 0 radical (unpaired) electrons. The van der Waals surface area contributed by atoms with Crippen molar-refractivity contribution in [1.82, 2.24) is 10.2 Å². The van der Waals surface area contributed by atoms with Gasteiger partial charge in [-0.2, -0.15) is 0 Å². The third-order valence-corrected chi connectivity index (χ3v) is 2.10. The first-order valence-electron chi connectivity index (χ1n) is 4.41. The van der Waals surface area contributed by atoms with E-state index in [9.17, 15) is 4.79 Å². The van der Waals surface area contributed by atoms with E-state index in [4.69, 9.17) is 0 Å². The highest BCUT2D eigenvalue weighted by atomic mass is 35.5. The Morgan fingerprint density at radius 1 is 1.29 bits per heavy atom. The molecule has 1 aliphatic heterocycles. The van der Waals surface area contributed by atoms with Crippen LogP contribution in [-0.4, -0.2) is 24.6 Å². The normalized spacial score (nSPS) is 11.2. The Hall–Kier alpha value is -0.970. The SMILES string of the molecule is CNC(=O)N1C=c2ccccc2=NC1.Cl.Cl.Cl. The lowest BCUT2D eigenvalue weighted by molar-refractivity contribution is 0.222. The molecule has 0 saturated heterocycles. The van der Waals surface area contributed by atoms with E-state index in [1.165, 1.54) is 0 Å².